The first kappa shape index (κ1) is 11.5. The molecule has 7 heteroatoms. The maximum Gasteiger partial charge on any atom is 0.329 e. The highest BCUT2D eigenvalue weighted by Gasteiger charge is 2.26. The maximum atomic E-state index is 13.1. The van der Waals surface area contributed by atoms with E-state index >= 15 is 0 Å². The molecule has 90 valence electrons. The summed E-state index contributed by atoms with van der Waals surface area (Å²) in [6.07, 6.45) is 0.161. The van der Waals surface area contributed by atoms with Crippen molar-refractivity contribution in [3.8, 4) is 0 Å². The molecule has 3 amide bonds. The summed E-state index contributed by atoms with van der Waals surface area (Å²) < 4.78 is 13.1. The van der Waals surface area contributed by atoms with Crippen LogP contribution in [0.5, 0.6) is 0 Å². The van der Waals surface area contributed by atoms with Crippen molar-refractivity contribution in [3.05, 3.63) is 23.6 Å². The minimum Gasteiger partial charge on any atom is -0.326 e. The van der Waals surface area contributed by atoms with Gasteiger partial charge in [-0.25, -0.2) is 9.78 Å². The van der Waals surface area contributed by atoms with Gasteiger partial charge in [0.05, 0.1) is 0 Å². The number of nitrogens with two attached hydrogens (primary N) is 1. The molecule has 3 N–H and O–H groups in total. The number of pyridine rings is 1. The zero-order valence-electron chi connectivity index (χ0n) is 8.94. The number of amides is 3. The second-order valence-electron chi connectivity index (χ2n) is 3.58. The Hall–Kier alpha value is -2.02. The molecule has 1 aliphatic heterocycles. The van der Waals surface area contributed by atoms with E-state index in [-0.39, 0.29) is 31.2 Å². The quantitative estimate of drug-likeness (QED) is 0.716. The normalized spacial score (nSPS) is 16.0. The number of anilines is 1. The van der Waals surface area contributed by atoms with Gasteiger partial charge in [0.1, 0.15) is 5.82 Å². The maximum absolute atomic E-state index is 13.1. The monoisotopic (exact) mass is 238 g/mol. The highest BCUT2D eigenvalue weighted by molar-refractivity contribution is 6.05. The number of aromatic nitrogens is 1. The van der Waals surface area contributed by atoms with E-state index in [1.807, 2.05) is 0 Å². The standard InChI is InChI=1S/C10H11FN4O2/c11-7-2-1-6(5-12)9(13-7)15-4-3-8(16)14-10(15)17/h1-2H,3-5,12H2,(H,14,16,17). The smallest absolute Gasteiger partial charge is 0.326 e. The topological polar surface area (TPSA) is 88.3 Å². The lowest BCUT2D eigenvalue weighted by Gasteiger charge is -2.26. The van der Waals surface area contributed by atoms with Crippen LogP contribution in [0.1, 0.15) is 12.0 Å². The third-order valence-electron chi connectivity index (χ3n) is 2.45. The number of hydrogen-bond donors (Lipinski definition) is 2. The summed E-state index contributed by atoms with van der Waals surface area (Å²) in [4.78, 5) is 27.4. The van der Waals surface area contributed by atoms with Crippen molar-refractivity contribution in [2.75, 3.05) is 11.4 Å². The van der Waals surface area contributed by atoms with Crippen molar-refractivity contribution in [2.24, 2.45) is 5.73 Å². The first-order chi connectivity index (χ1) is 8.11. The summed E-state index contributed by atoms with van der Waals surface area (Å²) in [7, 11) is 0. The second-order valence-corrected chi connectivity index (χ2v) is 3.58. The fourth-order valence-electron chi connectivity index (χ4n) is 1.61. The van der Waals surface area contributed by atoms with Gasteiger partial charge in [-0.1, -0.05) is 0 Å². The Morgan fingerprint density at radius 3 is 2.88 bits per heavy atom. The molecule has 0 spiro atoms. The van der Waals surface area contributed by atoms with Crippen molar-refractivity contribution in [2.45, 2.75) is 13.0 Å². The molecular formula is C10H11FN4O2. The molecule has 1 aliphatic rings. The molecule has 0 saturated carbocycles. The minimum atomic E-state index is -0.693. The van der Waals surface area contributed by atoms with Crippen LogP contribution in [0.15, 0.2) is 12.1 Å². The Kier molecular flexibility index (Phi) is 3.01. The van der Waals surface area contributed by atoms with Crippen molar-refractivity contribution in [3.63, 3.8) is 0 Å². The largest absolute Gasteiger partial charge is 0.329 e. The number of nitrogens with one attached hydrogen (secondary N) is 1. The second kappa shape index (κ2) is 4.46. The van der Waals surface area contributed by atoms with Crippen LogP contribution in [0.3, 0.4) is 0 Å². The molecule has 0 aliphatic carbocycles. The number of hydrogen-bond acceptors (Lipinski definition) is 4. The van der Waals surface area contributed by atoms with Crippen molar-refractivity contribution >= 4 is 17.8 Å². The van der Waals surface area contributed by atoms with Gasteiger partial charge in [-0.05, 0) is 12.1 Å². The number of carbonyl (C=O) groups excluding carboxylic acids is 2. The molecule has 1 aromatic rings. The molecule has 0 radical (unpaired) electrons. The Balaban J connectivity index is 2.35. The molecule has 0 atom stereocenters. The van der Waals surface area contributed by atoms with E-state index in [2.05, 4.69) is 10.3 Å². The van der Waals surface area contributed by atoms with Crippen LogP contribution in [-0.4, -0.2) is 23.5 Å². The van der Waals surface area contributed by atoms with Gasteiger partial charge >= 0.3 is 6.03 Å². The van der Waals surface area contributed by atoms with E-state index in [1.165, 1.54) is 17.0 Å². The highest BCUT2D eigenvalue weighted by atomic mass is 19.1. The lowest BCUT2D eigenvalue weighted by molar-refractivity contribution is -0.120. The average Bonchev–Trinajstić information content (AvgIpc) is 2.29. The Bertz CT molecular complexity index is 477. The number of imide groups is 1. The Morgan fingerprint density at radius 1 is 1.47 bits per heavy atom. The first-order valence-electron chi connectivity index (χ1n) is 5.08. The molecule has 2 rings (SSSR count). The SMILES string of the molecule is NCc1ccc(F)nc1N1CCC(=O)NC1=O. The average molecular weight is 238 g/mol. The molecular weight excluding hydrogens is 227 g/mol. The van der Waals surface area contributed by atoms with E-state index in [9.17, 15) is 14.0 Å². The summed E-state index contributed by atoms with van der Waals surface area (Å²) in [6.45, 7) is 0.314. The molecule has 0 aromatic carbocycles. The fraction of sp³-hybridized carbons (Fsp3) is 0.300. The third-order valence-corrected chi connectivity index (χ3v) is 2.45. The third kappa shape index (κ3) is 2.23. The van der Waals surface area contributed by atoms with Gasteiger partial charge in [0, 0.05) is 25.1 Å². The molecule has 1 aromatic heterocycles. The van der Waals surface area contributed by atoms with Crippen molar-refractivity contribution in [1.82, 2.24) is 10.3 Å². The molecule has 0 bridgehead atoms. The van der Waals surface area contributed by atoms with Crippen LogP contribution in [0.4, 0.5) is 15.0 Å². The summed E-state index contributed by atoms with van der Waals surface area (Å²) in [6, 6.07) is 2.05. The zero-order valence-corrected chi connectivity index (χ0v) is 8.94. The van der Waals surface area contributed by atoms with E-state index in [4.69, 9.17) is 5.73 Å². The van der Waals surface area contributed by atoms with E-state index < -0.39 is 12.0 Å². The van der Waals surface area contributed by atoms with Gasteiger partial charge in [0.2, 0.25) is 11.9 Å². The number of urea groups is 1. The van der Waals surface area contributed by atoms with Crippen molar-refractivity contribution in [1.29, 1.82) is 0 Å². The first-order valence-corrected chi connectivity index (χ1v) is 5.08. The molecule has 17 heavy (non-hydrogen) atoms. The zero-order chi connectivity index (χ0) is 12.4. The van der Waals surface area contributed by atoms with Crippen LogP contribution in [0.2, 0.25) is 0 Å². The van der Waals surface area contributed by atoms with Crippen molar-refractivity contribution < 1.29 is 14.0 Å². The van der Waals surface area contributed by atoms with Gasteiger partial charge in [-0.15, -0.1) is 0 Å². The highest BCUT2D eigenvalue weighted by Crippen LogP contribution is 2.19. The van der Waals surface area contributed by atoms with E-state index in [1.54, 1.807) is 0 Å². The van der Waals surface area contributed by atoms with Gasteiger partial charge in [0.25, 0.3) is 0 Å². The van der Waals surface area contributed by atoms with Crippen LogP contribution < -0.4 is 16.0 Å². The van der Waals surface area contributed by atoms with E-state index in [0.717, 1.165) is 0 Å². The van der Waals surface area contributed by atoms with Crippen LogP contribution in [0.25, 0.3) is 0 Å². The Labute approximate surface area is 96.6 Å². The number of halogens is 1. The summed E-state index contributed by atoms with van der Waals surface area (Å²) >= 11 is 0. The fourth-order valence-corrected chi connectivity index (χ4v) is 1.61. The van der Waals surface area contributed by atoms with Gasteiger partial charge < -0.3 is 5.73 Å². The van der Waals surface area contributed by atoms with Gasteiger partial charge in [-0.2, -0.15) is 4.39 Å². The lowest BCUT2D eigenvalue weighted by atomic mass is 10.2. The summed E-state index contributed by atoms with van der Waals surface area (Å²) in [5.74, 6) is -0.878. The predicted molar refractivity (Wildman–Crippen MR) is 57.6 cm³/mol. The number of nitrogens with zero attached hydrogens (tertiary/aromatic N) is 2. The van der Waals surface area contributed by atoms with Crippen LogP contribution >= 0.6 is 0 Å². The number of rotatable bonds is 2. The molecule has 1 fully saturated rings. The number of carbonyl (C=O) groups is 2. The van der Waals surface area contributed by atoms with Crippen LogP contribution in [-0.2, 0) is 11.3 Å². The van der Waals surface area contributed by atoms with Crippen LogP contribution in [0, 0.1) is 5.95 Å². The lowest BCUT2D eigenvalue weighted by Crippen LogP contribution is -2.50. The molecule has 2 heterocycles. The summed E-state index contributed by atoms with van der Waals surface area (Å²) in [5.41, 5.74) is 6.04. The minimum absolute atomic E-state index is 0.139. The molecule has 6 nitrogen and oxygen atoms in total. The summed E-state index contributed by atoms with van der Waals surface area (Å²) in [5, 5.41) is 2.14. The molecule has 0 unspecified atom stereocenters. The van der Waals surface area contributed by atoms with E-state index in [0.29, 0.717) is 5.56 Å². The Morgan fingerprint density at radius 2 is 2.24 bits per heavy atom. The molecule has 1 saturated heterocycles. The predicted octanol–water partition coefficient (Wildman–Crippen LogP) is 0.126. The van der Waals surface area contributed by atoms with Gasteiger partial charge in [-0.3, -0.25) is 15.0 Å². The van der Waals surface area contributed by atoms with Gasteiger partial charge in [0.15, 0.2) is 0 Å².